The summed E-state index contributed by atoms with van der Waals surface area (Å²) in [6, 6.07) is 3.46. The lowest BCUT2D eigenvalue weighted by atomic mass is 10.2. The highest BCUT2D eigenvalue weighted by Gasteiger charge is 2.11. The van der Waals surface area contributed by atoms with E-state index in [9.17, 15) is 4.79 Å². The molecule has 0 fully saturated rings. The maximum absolute atomic E-state index is 10.6. The minimum absolute atomic E-state index is 0.186. The zero-order valence-electron chi connectivity index (χ0n) is 7.48. The zero-order valence-corrected chi connectivity index (χ0v) is 8.30. The van der Waals surface area contributed by atoms with E-state index in [1.54, 1.807) is 11.3 Å². The molecule has 2 aromatic heterocycles. The van der Waals surface area contributed by atoms with Crippen molar-refractivity contribution in [2.24, 2.45) is 0 Å². The summed E-state index contributed by atoms with van der Waals surface area (Å²) in [7, 11) is 0. The Morgan fingerprint density at radius 3 is 2.86 bits per heavy atom. The fraction of sp³-hybridized carbons (Fsp3) is 0.100. The molecule has 0 aromatic carbocycles. The van der Waals surface area contributed by atoms with Crippen molar-refractivity contribution in [2.75, 3.05) is 0 Å². The molecule has 0 radical (unpaired) electrons. The molecule has 0 saturated carbocycles. The summed E-state index contributed by atoms with van der Waals surface area (Å²) in [6.07, 6.45) is 1.26. The second kappa shape index (κ2) is 3.31. The van der Waals surface area contributed by atoms with E-state index in [1.165, 1.54) is 12.3 Å². The quantitative estimate of drug-likeness (QED) is 0.825. The first-order valence-electron chi connectivity index (χ1n) is 4.05. The fourth-order valence-electron chi connectivity index (χ4n) is 1.23. The molecule has 0 saturated heterocycles. The van der Waals surface area contributed by atoms with E-state index in [0.29, 0.717) is 5.76 Å². The van der Waals surface area contributed by atoms with Crippen LogP contribution in [0.2, 0.25) is 0 Å². The largest absolute Gasteiger partial charge is 0.478 e. The number of hydrogen-bond acceptors (Lipinski definition) is 3. The van der Waals surface area contributed by atoms with Gasteiger partial charge in [-0.15, -0.1) is 11.3 Å². The summed E-state index contributed by atoms with van der Waals surface area (Å²) in [5.74, 6) is -0.353. The maximum atomic E-state index is 10.6. The Labute approximate surface area is 84.6 Å². The molecule has 0 unspecified atom stereocenters. The van der Waals surface area contributed by atoms with Crippen molar-refractivity contribution in [2.45, 2.75) is 6.92 Å². The molecule has 0 amide bonds. The summed E-state index contributed by atoms with van der Waals surface area (Å²) >= 11 is 1.61. The third-order valence-corrected chi connectivity index (χ3v) is 2.82. The summed E-state index contributed by atoms with van der Waals surface area (Å²) in [4.78, 5) is 11.7. The molecular weight excluding hydrogens is 200 g/mol. The van der Waals surface area contributed by atoms with Gasteiger partial charge in [0.15, 0.2) is 0 Å². The lowest BCUT2D eigenvalue weighted by molar-refractivity contribution is 0.0696. The SMILES string of the molecule is Cc1sccc1-c1cc(C(=O)O)co1. The smallest absolute Gasteiger partial charge is 0.338 e. The average Bonchev–Trinajstić information content (AvgIpc) is 2.71. The molecule has 0 aliphatic carbocycles. The van der Waals surface area contributed by atoms with Gasteiger partial charge in [-0.1, -0.05) is 0 Å². The Bertz CT molecular complexity index is 467. The van der Waals surface area contributed by atoms with Crippen LogP contribution in [0.4, 0.5) is 0 Å². The normalized spacial score (nSPS) is 10.4. The first-order valence-corrected chi connectivity index (χ1v) is 4.93. The molecule has 0 aliphatic heterocycles. The monoisotopic (exact) mass is 208 g/mol. The molecule has 3 nitrogen and oxygen atoms in total. The molecule has 2 aromatic rings. The van der Waals surface area contributed by atoms with Crippen LogP contribution >= 0.6 is 11.3 Å². The molecule has 72 valence electrons. The molecule has 0 aliphatic rings. The van der Waals surface area contributed by atoms with Gasteiger partial charge in [0.2, 0.25) is 0 Å². The zero-order chi connectivity index (χ0) is 10.1. The van der Waals surface area contributed by atoms with Crippen LogP contribution < -0.4 is 0 Å². The van der Waals surface area contributed by atoms with Gasteiger partial charge in [-0.25, -0.2) is 4.79 Å². The van der Waals surface area contributed by atoms with Gasteiger partial charge in [0.25, 0.3) is 0 Å². The minimum atomic E-state index is -0.965. The van der Waals surface area contributed by atoms with Crippen LogP contribution in [0.5, 0.6) is 0 Å². The van der Waals surface area contributed by atoms with E-state index >= 15 is 0 Å². The Morgan fingerprint density at radius 2 is 2.36 bits per heavy atom. The van der Waals surface area contributed by atoms with Gasteiger partial charge in [-0.2, -0.15) is 0 Å². The number of aromatic carboxylic acids is 1. The lowest BCUT2D eigenvalue weighted by Crippen LogP contribution is -1.91. The summed E-state index contributed by atoms with van der Waals surface area (Å²) in [6.45, 7) is 1.98. The van der Waals surface area contributed by atoms with Gasteiger partial charge in [-0.05, 0) is 24.4 Å². The topological polar surface area (TPSA) is 50.4 Å². The summed E-state index contributed by atoms with van der Waals surface area (Å²) in [5, 5.41) is 10.7. The first-order chi connectivity index (χ1) is 6.68. The van der Waals surface area contributed by atoms with Crippen molar-refractivity contribution in [3.63, 3.8) is 0 Å². The third kappa shape index (κ3) is 1.44. The number of aryl methyl sites for hydroxylation is 1. The van der Waals surface area contributed by atoms with Crippen LogP contribution in [-0.4, -0.2) is 11.1 Å². The number of thiophene rings is 1. The van der Waals surface area contributed by atoms with Crippen LogP contribution in [0.25, 0.3) is 11.3 Å². The molecule has 1 N–H and O–H groups in total. The number of carbonyl (C=O) groups is 1. The predicted molar refractivity (Wildman–Crippen MR) is 53.7 cm³/mol. The molecule has 14 heavy (non-hydrogen) atoms. The Kier molecular flexibility index (Phi) is 2.13. The van der Waals surface area contributed by atoms with Crippen molar-refractivity contribution in [1.29, 1.82) is 0 Å². The van der Waals surface area contributed by atoms with Crippen molar-refractivity contribution >= 4 is 17.3 Å². The number of hydrogen-bond donors (Lipinski definition) is 1. The molecule has 0 spiro atoms. The van der Waals surface area contributed by atoms with Gasteiger partial charge in [0.05, 0.1) is 5.56 Å². The van der Waals surface area contributed by atoms with Gasteiger partial charge in [0.1, 0.15) is 12.0 Å². The van der Waals surface area contributed by atoms with E-state index in [0.717, 1.165) is 10.4 Å². The van der Waals surface area contributed by atoms with E-state index in [4.69, 9.17) is 9.52 Å². The van der Waals surface area contributed by atoms with Crippen LogP contribution in [0.3, 0.4) is 0 Å². The maximum Gasteiger partial charge on any atom is 0.338 e. The van der Waals surface area contributed by atoms with Gasteiger partial charge >= 0.3 is 5.97 Å². The molecule has 0 atom stereocenters. The molecule has 4 heteroatoms. The van der Waals surface area contributed by atoms with Gasteiger partial charge in [-0.3, -0.25) is 0 Å². The van der Waals surface area contributed by atoms with Crippen molar-refractivity contribution in [1.82, 2.24) is 0 Å². The fourth-order valence-corrected chi connectivity index (χ4v) is 1.93. The number of carboxylic acids is 1. The van der Waals surface area contributed by atoms with Crippen molar-refractivity contribution in [3.05, 3.63) is 34.2 Å². The second-order valence-corrected chi connectivity index (χ2v) is 4.02. The summed E-state index contributed by atoms with van der Waals surface area (Å²) in [5.41, 5.74) is 1.15. The minimum Gasteiger partial charge on any atom is -0.478 e. The Balaban J connectivity index is 2.43. The van der Waals surface area contributed by atoms with Gasteiger partial charge in [0, 0.05) is 10.4 Å². The molecule has 0 bridgehead atoms. The van der Waals surface area contributed by atoms with Crippen molar-refractivity contribution < 1.29 is 14.3 Å². The highest BCUT2D eigenvalue weighted by atomic mass is 32.1. The highest BCUT2D eigenvalue weighted by Crippen LogP contribution is 2.28. The van der Waals surface area contributed by atoms with E-state index in [1.807, 2.05) is 18.4 Å². The Hall–Kier alpha value is -1.55. The van der Waals surface area contributed by atoms with Crippen LogP contribution in [0.15, 0.2) is 28.2 Å². The average molecular weight is 208 g/mol. The number of carboxylic acid groups (broad SMARTS) is 1. The number of rotatable bonds is 2. The van der Waals surface area contributed by atoms with E-state index < -0.39 is 5.97 Å². The first kappa shape index (κ1) is 9.02. The van der Waals surface area contributed by atoms with Crippen LogP contribution in [-0.2, 0) is 0 Å². The summed E-state index contributed by atoms with van der Waals surface area (Å²) < 4.78 is 5.18. The van der Waals surface area contributed by atoms with E-state index in [-0.39, 0.29) is 5.56 Å². The number of furan rings is 1. The predicted octanol–water partition coefficient (Wildman–Crippen LogP) is 3.01. The standard InChI is InChI=1S/C10H8O3S/c1-6-8(2-3-14-6)9-4-7(5-13-9)10(11)12/h2-5H,1H3,(H,11,12). The van der Waals surface area contributed by atoms with Crippen molar-refractivity contribution in [3.8, 4) is 11.3 Å². The Morgan fingerprint density at radius 1 is 1.57 bits per heavy atom. The highest BCUT2D eigenvalue weighted by molar-refractivity contribution is 7.10. The van der Waals surface area contributed by atoms with Crippen LogP contribution in [0, 0.1) is 6.92 Å². The molecular formula is C10H8O3S. The second-order valence-electron chi connectivity index (χ2n) is 2.90. The van der Waals surface area contributed by atoms with Gasteiger partial charge < -0.3 is 9.52 Å². The molecule has 2 heterocycles. The third-order valence-electron chi connectivity index (χ3n) is 1.97. The molecule has 2 rings (SSSR count). The lowest BCUT2D eigenvalue weighted by Gasteiger charge is -1.91. The van der Waals surface area contributed by atoms with Crippen LogP contribution in [0.1, 0.15) is 15.2 Å². The van der Waals surface area contributed by atoms with E-state index in [2.05, 4.69) is 0 Å².